The van der Waals surface area contributed by atoms with E-state index in [2.05, 4.69) is 26.1 Å². The molecule has 0 aliphatic heterocycles. The molecular weight excluding hydrogens is 182 g/mol. The SMILES string of the molecule is CCNC1CCCC(CCCC(C)C)C1. The highest BCUT2D eigenvalue weighted by Gasteiger charge is 2.20. The van der Waals surface area contributed by atoms with Gasteiger partial charge in [-0.1, -0.05) is 52.9 Å². The lowest BCUT2D eigenvalue weighted by Crippen LogP contribution is -2.33. The van der Waals surface area contributed by atoms with E-state index >= 15 is 0 Å². The van der Waals surface area contributed by atoms with Gasteiger partial charge in [-0.15, -0.1) is 0 Å². The summed E-state index contributed by atoms with van der Waals surface area (Å²) in [5.41, 5.74) is 0. The van der Waals surface area contributed by atoms with Gasteiger partial charge >= 0.3 is 0 Å². The zero-order chi connectivity index (χ0) is 11.1. The summed E-state index contributed by atoms with van der Waals surface area (Å²) in [5.74, 6) is 1.90. The van der Waals surface area contributed by atoms with E-state index in [4.69, 9.17) is 0 Å². The third kappa shape index (κ3) is 5.55. The molecule has 0 aromatic carbocycles. The normalized spacial score (nSPS) is 27.2. The second-order valence-electron chi connectivity index (χ2n) is 5.61. The third-order valence-corrected chi connectivity index (χ3v) is 3.67. The van der Waals surface area contributed by atoms with Crippen LogP contribution in [-0.2, 0) is 0 Å². The first-order valence-electron chi connectivity index (χ1n) is 6.95. The first-order valence-corrected chi connectivity index (χ1v) is 6.95. The van der Waals surface area contributed by atoms with E-state index in [1.54, 1.807) is 0 Å². The third-order valence-electron chi connectivity index (χ3n) is 3.67. The summed E-state index contributed by atoms with van der Waals surface area (Å²) in [6, 6.07) is 0.827. The molecule has 1 N–H and O–H groups in total. The molecule has 1 heteroatoms. The molecular formula is C14H29N. The molecule has 90 valence electrons. The van der Waals surface area contributed by atoms with E-state index in [1.165, 1.54) is 44.9 Å². The Kier molecular flexibility index (Phi) is 6.31. The highest BCUT2D eigenvalue weighted by molar-refractivity contribution is 4.77. The zero-order valence-corrected chi connectivity index (χ0v) is 10.9. The fourth-order valence-electron chi connectivity index (χ4n) is 2.84. The van der Waals surface area contributed by atoms with Crippen molar-refractivity contribution in [3.05, 3.63) is 0 Å². The average molecular weight is 211 g/mol. The summed E-state index contributed by atoms with van der Waals surface area (Å²) in [6.45, 7) is 8.04. The molecule has 0 saturated heterocycles. The minimum Gasteiger partial charge on any atom is -0.314 e. The van der Waals surface area contributed by atoms with Crippen molar-refractivity contribution >= 4 is 0 Å². The van der Waals surface area contributed by atoms with Crippen LogP contribution in [-0.4, -0.2) is 12.6 Å². The molecule has 1 saturated carbocycles. The Bertz CT molecular complexity index is 151. The van der Waals surface area contributed by atoms with Gasteiger partial charge in [0.2, 0.25) is 0 Å². The predicted octanol–water partition coefficient (Wildman–Crippen LogP) is 3.98. The van der Waals surface area contributed by atoms with Gasteiger partial charge in [-0.2, -0.15) is 0 Å². The van der Waals surface area contributed by atoms with Crippen molar-refractivity contribution in [2.45, 2.75) is 71.8 Å². The maximum atomic E-state index is 3.61. The van der Waals surface area contributed by atoms with Crippen LogP contribution in [0.25, 0.3) is 0 Å². The molecule has 0 bridgehead atoms. The van der Waals surface area contributed by atoms with Gasteiger partial charge in [0.25, 0.3) is 0 Å². The van der Waals surface area contributed by atoms with Gasteiger partial charge in [-0.05, 0) is 31.2 Å². The average Bonchev–Trinajstić information content (AvgIpc) is 2.18. The number of hydrogen-bond donors (Lipinski definition) is 1. The van der Waals surface area contributed by atoms with Crippen LogP contribution >= 0.6 is 0 Å². The molecule has 0 heterocycles. The first kappa shape index (κ1) is 13.0. The van der Waals surface area contributed by atoms with Gasteiger partial charge in [0.1, 0.15) is 0 Å². The van der Waals surface area contributed by atoms with Gasteiger partial charge in [0.05, 0.1) is 0 Å². The smallest absolute Gasteiger partial charge is 0.00695 e. The van der Waals surface area contributed by atoms with Crippen molar-refractivity contribution in [3.63, 3.8) is 0 Å². The van der Waals surface area contributed by atoms with Crippen LogP contribution in [0, 0.1) is 11.8 Å². The second kappa shape index (κ2) is 7.27. The standard InChI is InChI=1S/C14H29N/c1-4-15-14-10-6-9-13(11-14)8-5-7-12(2)3/h12-15H,4-11H2,1-3H3. The fourth-order valence-corrected chi connectivity index (χ4v) is 2.84. The monoisotopic (exact) mass is 211 g/mol. The van der Waals surface area contributed by atoms with E-state index in [9.17, 15) is 0 Å². The van der Waals surface area contributed by atoms with Crippen molar-refractivity contribution in [1.82, 2.24) is 5.32 Å². The molecule has 0 aromatic rings. The van der Waals surface area contributed by atoms with Crippen LogP contribution in [0.15, 0.2) is 0 Å². The minimum atomic E-state index is 0.827. The van der Waals surface area contributed by atoms with Gasteiger partial charge in [0.15, 0.2) is 0 Å². The molecule has 1 nitrogen and oxygen atoms in total. The van der Waals surface area contributed by atoms with Gasteiger partial charge in [0, 0.05) is 6.04 Å². The van der Waals surface area contributed by atoms with Crippen molar-refractivity contribution < 1.29 is 0 Å². The van der Waals surface area contributed by atoms with Crippen LogP contribution in [0.5, 0.6) is 0 Å². The summed E-state index contributed by atoms with van der Waals surface area (Å²) in [7, 11) is 0. The van der Waals surface area contributed by atoms with Crippen molar-refractivity contribution in [1.29, 1.82) is 0 Å². The van der Waals surface area contributed by atoms with E-state index in [1.807, 2.05) is 0 Å². The second-order valence-corrected chi connectivity index (χ2v) is 5.61. The molecule has 0 radical (unpaired) electrons. The van der Waals surface area contributed by atoms with Crippen LogP contribution in [0.2, 0.25) is 0 Å². The van der Waals surface area contributed by atoms with Crippen molar-refractivity contribution in [3.8, 4) is 0 Å². The maximum absolute atomic E-state index is 3.61. The predicted molar refractivity (Wildman–Crippen MR) is 68.1 cm³/mol. The molecule has 1 aliphatic carbocycles. The van der Waals surface area contributed by atoms with Crippen LogP contribution in [0.4, 0.5) is 0 Å². The molecule has 0 spiro atoms. The van der Waals surface area contributed by atoms with E-state index in [-0.39, 0.29) is 0 Å². The van der Waals surface area contributed by atoms with E-state index in [0.717, 1.165) is 24.4 Å². The molecule has 1 aliphatic rings. The Balaban J connectivity index is 2.12. The van der Waals surface area contributed by atoms with E-state index < -0.39 is 0 Å². The summed E-state index contributed by atoms with van der Waals surface area (Å²) >= 11 is 0. The molecule has 2 unspecified atom stereocenters. The summed E-state index contributed by atoms with van der Waals surface area (Å²) in [6.07, 6.45) is 10.1. The van der Waals surface area contributed by atoms with E-state index in [0.29, 0.717) is 0 Å². The Morgan fingerprint density at radius 1 is 1.27 bits per heavy atom. The molecule has 2 atom stereocenters. The van der Waals surface area contributed by atoms with Gasteiger partial charge in [-0.3, -0.25) is 0 Å². The highest BCUT2D eigenvalue weighted by Crippen LogP contribution is 2.28. The number of nitrogens with one attached hydrogen (secondary N) is 1. The zero-order valence-electron chi connectivity index (χ0n) is 10.9. The molecule has 0 aromatic heterocycles. The molecule has 15 heavy (non-hydrogen) atoms. The number of rotatable bonds is 6. The number of hydrogen-bond acceptors (Lipinski definition) is 1. The first-order chi connectivity index (χ1) is 7.22. The van der Waals surface area contributed by atoms with Gasteiger partial charge < -0.3 is 5.32 Å². The summed E-state index contributed by atoms with van der Waals surface area (Å²) in [5, 5.41) is 3.61. The largest absolute Gasteiger partial charge is 0.314 e. The lowest BCUT2D eigenvalue weighted by molar-refractivity contribution is 0.267. The fraction of sp³-hybridized carbons (Fsp3) is 1.00. The molecule has 1 fully saturated rings. The lowest BCUT2D eigenvalue weighted by atomic mass is 9.82. The van der Waals surface area contributed by atoms with Crippen LogP contribution in [0.3, 0.4) is 0 Å². The Hall–Kier alpha value is -0.0400. The molecule has 1 rings (SSSR count). The van der Waals surface area contributed by atoms with Crippen molar-refractivity contribution in [2.75, 3.05) is 6.54 Å². The minimum absolute atomic E-state index is 0.827. The summed E-state index contributed by atoms with van der Waals surface area (Å²) in [4.78, 5) is 0. The van der Waals surface area contributed by atoms with Gasteiger partial charge in [-0.25, -0.2) is 0 Å². The highest BCUT2D eigenvalue weighted by atomic mass is 14.9. The maximum Gasteiger partial charge on any atom is 0.00695 e. The van der Waals surface area contributed by atoms with Crippen molar-refractivity contribution in [2.24, 2.45) is 11.8 Å². The lowest BCUT2D eigenvalue weighted by Gasteiger charge is -2.29. The summed E-state index contributed by atoms with van der Waals surface area (Å²) < 4.78 is 0. The van der Waals surface area contributed by atoms with Crippen LogP contribution < -0.4 is 5.32 Å². The van der Waals surface area contributed by atoms with Crippen LogP contribution in [0.1, 0.15) is 65.7 Å². The Labute approximate surface area is 96.0 Å². The molecule has 0 amide bonds. The quantitative estimate of drug-likeness (QED) is 0.700. The topological polar surface area (TPSA) is 12.0 Å². The Morgan fingerprint density at radius 3 is 2.73 bits per heavy atom. The Morgan fingerprint density at radius 2 is 2.07 bits per heavy atom.